The number of hydrogen-bond acceptors (Lipinski definition) is 5. The van der Waals surface area contributed by atoms with Gasteiger partial charge in [0.25, 0.3) is 5.91 Å². The van der Waals surface area contributed by atoms with Crippen molar-refractivity contribution in [1.29, 1.82) is 0 Å². The average Bonchev–Trinajstić information content (AvgIpc) is 2.42. The van der Waals surface area contributed by atoms with Crippen molar-refractivity contribution in [2.24, 2.45) is 5.84 Å². The molecule has 0 saturated carbocycles. The number of aryl methyl sites for hydroxylation is 1. The first-order chi connectivity index (χ1) is 9.10. The molecule has 0 atom stereocenters. The van der Waals surface area contributed by atoms with Crippen LogP contribution in [-0.2, 0) is 0 Å². The molecule has 2 aromatic rings. The standard InChI is InChI=1S/C12H12BrN5O/c1-7-2-3-9(8(13)6-7)15-12(19)10-4-5-11(16-14)18-17-10/h2-6H,14H2,1H3,(H,15,19)(H,16,18). The van der Waals surface area contributed by atoms with Crippen LogP contribution in [0.25, 0.3) is 0 Å². The van der Waals surface area contributed by atoms with Crippen molar-refractivity contribution in [3.8, 4) is 0 Å². The molecule has 7 heteroatoms. The van der Waals surface area contributed by atoms with Gasteiger partial charge in [0.15, 0.2) is 11.5 Å². The number of nitrogens with two attached hydrogens (primary N) is 1. The Hall–Kier alpha value is -1.99. The summed E-state index contributed by atoms with van der Waals surface area (Å²) < 4.78 is 0.814. The molecule has 2 rings (SSSR count). The van der Waals surface area contributed by atoms with Crippen LogP contribution < -0.4 is 16.6 Å². The van der Waals surface area contributed by atoms with Gasteiger partial charge in [-0.1, -0.05) is 6.07 Å². The highest BCUT2D eigenvalue weighted by atomic mass is 79.9. The average molecular weight is 322 g/mol. The number of halogens is 1. The van der Waals surface area contributed by atoms with Crippen molar-refractivity contribution in [2.75, 3.05) is 10.7 Å². The number of nitrogens with zero attached hydrogens (tertiary/aromatic N) is 2. The molecule has 0 radical (unpaired) electrons. The van der Waals surface area contributed by atoms with Crippen LogP contribution in [0.3, 0.4) is 0 Å². The second-order valence-electron chi connectivity index (χ2n) is 3.89. The maximum absolute atomic E-state index is 12.0. The number of hydrazine groups is 1. The van der Waals surface area contributed by atoms with Gasteiger partial charge in [-0.15, -0.1) is 10.2 Å². The summed E-state index contributed by atoms with van der Waals surface area (Å²) in [6.45, 7) is 1.97. The van der Waals surface area contributed by atoms with Crippen LogP contribution in [0.4, 0.5) is 11.5 Å². The fraction of sp³-hybridized carbons (Fsp3) is 0.0833. The van der Waals surface area contributed by atoms with Crippen LogP contribution in [0.1, 0.15) is 16.1 Å². The van der Waals surface area contributed by atoms with E-state index in [4.69, 9.17) is 5.84 Å². The monoisotopic (exact) mass is 321 g/mol. The van der Waals surface area contributed by atoms with Crippen LogP contribution in [-0.4, -0.2) is 16.1 Å². The maximum Gasteiger partial charge on any atom is 0.276 e. The fourth-order valence-corrected chi connectivity index (χ4v) is 2.03. The highest BCUT2D eigenvalue weighted by Gasteiger charge is 2.10. The van der Waals surface area contributed by atoms with Crippen molar-refractivity contribution in [2.45, 2.75) is 6.92 Å². The van der Waals surface area contributed by atoms with E-state index in [1.54, 1.807) is 12.1 Å². The summed E-state index contributed by atoms with van der Waals surface area (Å²) in [5, 5.41) is 10.3. The quantitative estimate of drug-likeness (QED) is 0.594. The van der Waals surface area contributed by atoms with Crippen LogP contribution in [0.5, 0.6) is 0 Å². The number of nitrogen functional groups attached to an aromatic ring is 1. The number of aromatic nitrogens is 2. The van der Waals surface area contributed by atoms with Crippen LogP contribution in [0.2, 0.25) is 0 Å². The van der Waals surface area contributed by atoms with Gasteiger partial charge in [-0.05, 0) is 52.7 Å². The zero-order valence-electron chi connectivity index (χ0n) is 10.1. The predicted octanol–water partition coefficient (Wildman–Crippen LogP) is 2.09. The molecule has 0 saturated heterocycles. The number of hydrogen-bond donors (Lipinski definition) is 3. The molecule has 1 aromatic carbocycles. The molecule has 0 bridgehead atoms. The highest BCUT2D eigenvalue weighted by molar-refractivity contribution is 9.10. The van der Waals surface area contributed by atoms with E-state index in [9.17, 15) is 4.79 Å². The van der Waals surface area contributed by atoms with Gasteiger partial charge in [-0.3, -0.25) is 4.79 Å². The molecule has 0 aliphatic rings. The van der Waals surface area contributed by atoms with E-state index in [2.05, 4.69) is 36.9 Å². The first-order valence-electron chi connectivity index (χ1n) is 5.48. The number of anilines is 2. The molecule has 0 spiro atoms. The largest absolute Gasteiger partial charge is 0.320 e. The number of amides is 1. The third-order valence-corrected chi connectivity index (χ3v) is 3.07. The minimum atomic E-state index is -0.333. The Morgan fingerprint density at radius 3 is 2.63 bits per heavy atom. The van der Waals surface area contributed by atoms with Gasteiger partial charge in [-0.2, -0.15) is 0 Å². The van der Waals surface area contributed by atoms with E-state index in [0.717, 1.165) is 10.0 Å². The smallest absolute Gasteiger partial charge is 0.276 e. The van der Waals surface area contributed by atoms with Crippen LogP contribution in [0.15, 0.2) is 34.8 Å². The Balaban J connectivity index is 2.15. The zero-order chi connectivity index (χ0) is 13.8. The normalized spacial score (nSPS) is 10.1. The molecular formula is C12H12BrN5O. The molecule has 0 fully saturated rings. The van der Waals surface area contributed by atoms with Crippen molar-refractivity contribution in [3.05, 3.63) is 46.1 Å². The van der Waals surface area contributed by atoms with Crippen molar-refractivity contribution < 1.29 is 4.79 Å². The first-order valence-corrected chi connectivity index (χ1v) is 6.27. The second kappa shape index (κ2) is 5.77. The third kappa shape index (κ3) is 3.27. The summed E-state index contributed by atoms with van der Waals surface area (Å²) in [6, 6.07) is 8.77. The number of rotatable bonds is 3. The minimum Gasteiger partial charge on any atom is -0.320 e. The predicted molar refractivity (Wildman–Crippen MR) is 76.7 cm³/mol. The molecular weight excluding hydrogens is 310 g/mol. The molecule has 98 valence electrons. The Morgan fingerprint density at radius 2 is 2.05 bits per heavy atom. The summed E-state index contributed by atoms with van der Waals surface area (Å²) in [5.41, 5.74) is 4.34. The Labute approximate surface area is 118 Å². The summed E-state index contributed by atoms with van der Waals surface area (Å²) in [4.78, 5) is 12.0. The molecule has 0 unspecified atom stereocenters. The molecule has 6 nitrogen and oxygen atoms in total. The van der Waals surface area contributed by atoms with Gasteiger partial charge >= 0.3 is 0 Å². The Bertz CT molecular complexity index is 600. The summed E-state index contributed by atoms with van der Waals surface area (Å²) in [5.74, 6) is 5.24. The lowest BCUT2D eigenvalue weighted by Gasteiger charge is -2.07. The SMILES string of the molecule is Cc1ccc(NC(=O)c2ccc(NN)nn2)c(Br)c1. The summed E-state index contributed by atoms with van der Waals surface area (Å²) in [7, 11) is 0. The molecule has 4 N–H and O–H groups in total. The molecule has 0 aliphatic heterocycles. The topological polar surface area (TPSA) is 92.9 Å². The lowest BCUT2D eigenvalue weighted by Crippen LogP contribution is -2.16. The van der Waals surface area contributed by atoms with Gasteiger partial charge in [0.2, 0.25) is 0 Å². The number of carbonyl (C=O) groups is 1. The van der Waals surface area contributed by atoms with E-state index in [-0.39, 0.29) is 11.6 Å². The Kier molecular flexibility index (Phi) is 4.08. The molecule has 19 heavy (non-hydrogen) atoms. The molecule has 1 heterocycles. The number of benzene rings is 1. The van der Waals surface area contributed by atoms with Crippen LogP contribution in [0, 0.1) is 6.92 Å². The molecule has 1 amide bonds. The lowest BCUT2D eigenvalue weighted by molar-refractivity contribution is 0.102. The number of carbonyl (C=O) groups excluding carboxylic acids is 1. The van der Waals surface area contributed by atoms with Gasteiger partial charge in [0, 0.05) is 4.47 Å². The van der Waals surface area contributed by atoms with Crippen molar-refractivity contribution in [1.82, 2.24) is 10.2 Å². The van der Waals surface area contributed by atoms with Gasteiger partial charge in [0.1, 0.15) is 0 Å². The lowest BCUT2D eigenvalue weighted by atomic mass is 10.2. The number of nitrogens with one attached hydrogen (secondary N) is 2. The van der Waals surface area contributed by atoms with E-state index >= 15 is 0 Å². The Morgan fingerprint density at radius 1 is 1.26 bits per heavy atom. The summed E-state index contributed by atoms with van der Waals surface area (Å²) >= 11 is 3.39. The van der Waals surface area contributed by atoms with Gasteiger partial charge < -0.3 is 10.7 Å². The first kappa shape index (κ1) is 13.4. The van der Waals surface area contributed by atoms with E-state index in [0.29, 0.717) is 11.5 Å². The van der Waals surface area contributed by atoms with Gasteiger partial charge in [0.05, 0.1) is 5.69 Å². The fourth-order valence-electron chi connectivity index (χ4n) is 1.44. The van der Waals surface area contributed by atoms with Gasteiger partial charge in [-0.25, -0.2) is 5.84 Å². The highest BCUT2D eigenvalue weighted by Crippen LogP contribution is 2.23. The van der Waals surface area contributed by atoms with E-state index in [1.807, 2.05) is 25.1 Å². The zero-order valence-corrected chi connectivity index (χ0v) is 11.7. The van der Waals surface area contributed by atoms with E-state index < -0.39 is 0 Å². The van der Waals surface area contributed by atoms with Crippen molar-refractivity contribution in [3.63, 3.8) is 0 Å². The minimum absolute atomic E-state index is 0.214. The maximum atomic E-state index is 12.0. The third-order valence-electron chi connectivity index (χ3n) is 2.42. The summed E-state index contributed by atoms with van der Waals surface area (Å²) in [6.07, 6.45) is 0. The molecule has 1 aromatic heterocycles. The van der Waals surface area contributed by atoms with Crippen molar-refractivity contribution >= 4 is 33.3 Å². The molecule has 0 aliphatic carbocycles. The van der Waals surface area contributed by atoms with Crippen LogP contribution >= 0.6 is 15.9 Å². The van der Waals surface area contributed by atoms with E-state index in [1.165, 1.54) is 0 Å². The second-order valence-corrected chi connectivity index (χ2v) is 4.74.